The van der Waals surface area contributed by atoms with Crippen LogP contribution >= 0.6 is 0 Å². The van der Waals surface area contributed by atoms with Crippen LogP contribution in [0.1, 0.15) is 10.4 Å². The number of rotatable bonds is 7. The zero-order chi connectivity index (χ0) is 14.3. The van der Waals surface area contributed by atoms with Gasteiger partial charge in [0.15, 0.2) is 0 Å². The van der Waals surface area contributed by atoms with Crippen molar-refractivity contribution in [2.45, 2.75) is 0 Å². The molecule has 0 atom stereocenters. The van der Waals surface area contributed by atoms with Gasteiger partial charge in [-0.15, -0.1) is 0 Å². The third-order valence-corrected chi connectivity index (χ3v) is 2.27. The second-order valence-electron chi connectivity index (χ2n) is 3.54. The normalized spacial score (nSPS) is 10.0. The summed E-state index contributed by atoms with van der Waals surface area (Å²) in [6.07, 6.45) is 0. The minimum atomic E-state index is -0.557. The fourth-order valence-corrected chi connectivity index (χ4v) is 1.41. The molecule has 8 nitrogen and oxygen atoms in total. The van der Waals surface area contributed by atoms with E-state index in [0.29, 0.717) is 18.8 Å². The highest BCUT2D eigenvalue weighted by atomic mass is 16.6. The number of hydrogen-bond acceptors (Lipinski definition) is 6. The summed E-state index contributed by atoms with van der Waals surface area (Å²) in [5.74, 6) is -0.547. The van der Waals surface area contributed by atoms with E-state index >= 15 is 0 Å². The Labute approximate surface area is 109 Å². The molecule has 0 aliphatic heterocycles. The fraction of sp³-hybridized carbons (Fsp3) is 0.364. The maximum Gasteiger partial charge on any atom is 0.293 e. The number of hydrogen-bond donors (Lipinski definition) is 2. The van der Waals surface area contributed by atoms with Crippen LogP contribution in [0.25, 0.3) is 0 Å². The highest BCUT2D eigenvalue weighted by molar-refractivity contribution is 5.95. The van der Waals surface area contributed by atoms with E-state index < -0.39 is 10.8 Å². The summed E-state index contributed by atoms with van der Waals surface area (Å²) in [5.41, 5.74) is 2.39. The smallest absolute Gasteiger partial charge is 0.293 e. The van der Waals surface area contributed by atoms with Gasteiger partial charge in [0.2, 0.25) is 0 Å². The number of carbonyl (C=O) groups excluding carboxylic acids is 1. The molecule has 0 saturated carbocycles. The molecule has 0 radical (unpaired) electrons. The number of nitro benzene ring substituents is 1. The number of carbonyl (C=O) groups is 1. The van der Waals surface area contributed by atoms with E-state index in [1.807, 2.05) is 0 Å². The van der Waals surface area contributed by atoms with Crippen molar-refractivity contribution >= 4 is 17.3 Å². The van der Waals surface area contributed by atoms with Gasteiger partial charge in [-0.2, -0.15) is 0 Å². The summed E-state index contributed by atoms with van der Waals surface area (Å²) >= 11 is 0. The molecule has 1 amide bonds. The number of benzene rings is 1. The van der Waals surface area contributed by atoms with Crippen molar-refractivity contribution in [3.05, 3.63) is 33.9 Å². The van der Waals surface area contributed by atoms with Crippen LogP contribution in [0, 0.1) is 10.1 Å². The van der Waals surface area contributed by atoms with E-state index in [1.165, 1.54) is 32.4 Å². The number of ether oxygens (including phenoxy) is 1. The minimum Gasteiger partial charge on any atom is -0.383 e. The molecule has 1 aromatic rings. The second kappa shape index (κ2) is 7.29. The molecule has 1 aromatic carbocycles. The van der Waals surface area contributed by atoms with Crippen LogP contribution in [0.15, 0.2) is 18.2 Å². The van der Waals surface area contributed by atoms with Crippen LogP contribution < -0.4 is 10.8 Å². The van der Waals surface area contributed by atoms with Gasteiger partial charge in [0.1, 0.15) is 5.69 Å². The number of methoxy groups -OCH3 is 1. The number of nitrogens with one attached hydrogen (secondary N) is 2. The lowest BCUT2D eigenvalue weighted by molar-refractivity contribution is -0.384. The molecule has 0 bridgehead atoms. The molecule has 0 saturated heterocycles. The zero-order valence-electron chi connectivity index (χ0n) is 10.6. The number of hydroxylamine groups is 1. The van der Waals surface area contributed by atoms with Crippen molar-refractivity contribution < 1.29 is 19.3 Å². The predicted molar refractivity (Wildman–Crippen MR) is 67.9 cm³/mol. The summed E-state index contributed by atoms with van der Waals surface area (Å²) in [7, 11) is 2.82. The molecular formula is C11H15N3O5. The molecular weight excluding hydrogens is 254 g/mol. The quantitative estimate of drug-likeness (QED) is 0.434. The highest BCUT2D eigenvalue weighted by Crippen LogP contribution is 2.25. The van der Waals surface area contributed by atoms with Gasteiger partial charge in [0.05, 0.1) is 18.6 Å². The average molecular weight is 269 g/mol. The van der Waals surface area contributed by atoms with Crippen molar-refractivity contribution in [1.29, 1.82) is 0 Å². The van der Waals surface area contributed by atoms with Crippen molar-refractivity contribution in [3.63, 3.8) is 0 Å². The average Bonchev–Trinajstić information content (AvgIpc) is 2.39. The molecule has 19 heavy (non-hydrogen) atoms. The van der Waals surface area contributed by atoms with E-state index in [9.17, 15) is 14.9 Å². The maximum atomic E-state index is 11.5. The third kappa shape index (κ3) is 4.19. The Hall–Kier alpha value is -2.19. The lowest BCUT2D eigenvalue weighted by Crippen LogP contribution is -2.22. The van der Waals surface area contributed by atoms with Crippen molar-refractivity contribution in [2.24, 2.45) is 0 Å². The molecule has 0 heterocycles. The van der Waals surface area contributed by atoms with Crippen LogP contribution in [-0.4, -0.2) is 38.2 Å². The van der Waals surface area contributed by atoms with Gasteiger partial charge in [-0.3, -0.25) is 19.7 Å². The fourth-order valence-electron chi connectivity index (χ4n) is 1.41. The van der Waals surface area contributed by atoms with Gasteiger partial charge in [-0.05, 0) is 12.1 Å². The van der Waals surface area contributed by atoms with E-state index in [0.717, 1.165) is 0 Å². The summed E-state index contributed by atoms with van der Waals surface area (Å²) in [5, 5.41) is 13.8. The molecule has 1 rings (SSSR count). The maximum absolute atomic E-state index is 11.5. The van der Waals surface area contributed by atoms with Gasteiger partial charge in [0, 0.05) is 25.3 Å². The molecule has 0 spiro atoms. The van der Waals surface area contributed by atoms with Gasteiger partial charge in [0.25, 0.3) is 11.6 Å². The molecule has 0 unspecified atom stereocenters. The Morgan fingerprint density at radius 3 is 2.74 bits per heavy atom. The lowest BCUT2D eigenvalue weighted by Gasteiger charge is -2.08. The van der Waals surface area contributed by atoms with E-state index in [4.69, 9.17) is 4.74 Å². The monoisotopic (exact) mass is 269 g/mol. The predicted octanol–water partition coefficient (Wildman–Crippen LogP) is 0.944. The number of amides is 1. The SMILES string of the molecule is COCCNc1ccc(C(=O)NOC)cc1[N+](=O)[O-]. The Morgan fingerprint density at radius 2 is 2.16 bits per heavy atom. The molecule has 0 aliphatic carbocycles. The first-order chi connectivity index (χ1) is 9.10. The molecule has 0 aliphatic rings. The van der Waals surface area contributed by atoms with Crippen molar-refractivity contribution in [3.8, 4) is 0 Å². The van der Waals surface area contributed by atoms with Crippen LogP contribution in [0.3, 0.4) is 0 Å². The summed E-state index contributed by atoms with van der Waals surface area (Å²) in [6.45, 7) is 0.851. The van der Waals surface area contributed by atoms with Gasteiger partial charge < -0.3 is 10.1 Å². The van der Waals surface area contributed by atoms with Crippen molar-refractivity contribution in [1.82, 2.24) is 5.48 Å². The topological polar surface area (TPSA) is 103 Å². The van der Waals surface area contributed by atoms with Gasteiger partial charge >= 0.3 is 0 Å². The Morgan fingerprint density at radius 1 is 1.42 bits per heavy atom. The highest BCUT2D eigenvalue weighted by Gasteiger charge is 2.17. The summed E-state index contributed by atoms with van der Waals surface area (Å²) in [4.78, 5) is 26.4. The van der Waals surface area contributed by atoms with Crippen molar-refractivity contribution in [2.75, 3.05) is 32.7 Å². The molecule has 104 valence electrons. The van der Waals surface area contributed by atoms with E-state index in [1.54, 1.807) is 0 Å². The first-order valence-corrected chi connectivity index (χ1v) is 5.44. The summed E-state index contributed by atoms with van der Waals surface area (Å²) < 4.78 is 4.84. The molecule has 0 fully saturated rings. The van der Waals surface area contributed by atoms with Crippen LogP contribution in [0.2, 0.25) is 0 Å². The second-order valence-corrected chi connectivity index (χ2v) is 3.54. The Balaban J connectivity index is 2.94. The molecule has 2 N–H and O–H groups in total. The van der Waals surface area contributed by atoms with Crippen LogP contribution in [0.4, 0.5) is 11.4 Å². The zero-order valence-corrected chi connectivity index (χ0v) is 10.6. The van der Waals surface area contributed by atoms with E-state index in [-0.39, 0.29) is 11.3 Å². The largest absolute Gasteiger partial charge is 0.383 e. The minimum absolute atomic E-state index is 0.144. The van der Waals surface area contributed by atoms with E-state index in [2.05, 4.69) is 15.6 Å². The van der Waals surface area contributed by atoms with Gasteiger partial charge in [-0.1, -0.05) is 0 Å². The van der Waals surface area contributed by atoms with Crippen LogP contribution in [-0.2, 0) is 9.57 Å². The Bertz CT molecular complexity index is 464. The number of nitro groups is 1. The lowest BCUT2D eigenvalue weighted by atomic mass is 10.1. The number of nitrogens with zero attached hydrogens (tertiary/aromatic N) is 1. The van der Waals surface area contributed by atoms with Crippen LogP contribution in [0.5, 0.6) is 0 Å². The Kier molecular flexibility index (Phi) is 5.71. The van der Waals surface area contributed by atoms with Gasteiger partial charge in [-0.25, -0.2) is 5.48 Å². The standard InChI is InChI=1S/C11H15N3O5/c1-18-6-5-12-9-4-3-8(11(15)13-19-2)7-10(9)14(16)17/h3-4,7,12H,5-6H2,1-2H3,(H,13,15). The number of anilines is 1. The third-order valence-electron chi connectivity index (χ3n) is 2.27. The first kappa shape index (κ1) is 14.9. The molecule has 8 heteroatoms. The summed E-state index contributed by atoms with van der Waals surface area (Å²) in [6, 6.07) is 4.12. The first-order valence-electron chi connectivity index (χ1n) is 5.44. The molecule has 0 aromatic heterocycles.